The molecule has 1 saturated heterocycles. The molecule has 4 heterocycles. The Morgan fingerprint density at radius 2 is 1.83 bits per heavy atom. The molecule has 0 spiro atoms. The number of hydrogen-bond donors (Lipinski definition) is 0. The third-order valence-corrected chi connectivity index (χ3v) is 5.82. The van der Waals surface area contributed by atoms with E-state index in [0.29, 0.717) is 36.0 Å². The number of rotatable bonds is 6. The van der Waals surface area contributed by atoms with Gasteiger partial charge in [0, 0.05) is 37.1 Å². The number of piperidine rings is 1. The van der Waals surface area contributed by atoms with Crippen molar-refractivity contribution in [3.05, 3.63) is 96.3 Å². The molecular weight excluding hydrogens is 442 g/mol. The van der Waals surface area contributed by atoms with Gasteiger partial charge in [-0.15, -0.1) is 0 Å². The summed E-state index contributed by atoms with van der Waals surface area (Å²) in [7, 11) is 0. The van der Waals surface area contributed by atoms with Crippen molar-refractivity contribution in [2.45, 2.75) is 25.7 Å². The van der Waals surface area contributed by atoms with E-state index in [1.807, 2.05) is 54.3 Å². The lowest BCUT2D eigenvalue weighted by atomic mass is 9.94. The summed E-state index contributed by atoms with van der Waals surface area (Å²) in [5.74, 6) is 1.87. The summed E-state index contributed by atoms with van der Waals surface area (Å²) < 4.78 is 11.7. The third kappa shape index (κ3) is 5.43. The molecule has 0 N–H and O–H groups in total. The fourth-order valence-corrected chi connectivity index (χ4v) is 4.05. The van der Waals surface area contributed by atoms with Gasteiger partial charge in [0.05, 0.1) is 18.1 Å². The van der Waals surface area contributed by atoms with Crippen molar-refractivity contribution in [1.29, 1.82) is 0 Å². The minimum Gasteiger partial charge on any atom is -0.437 e. The number of ether oxygens (including phenoxy) is 2. The van der Waals surface area contributed by atoms with Crippen LogP contribution in [0, 0.1) is 6.92 Å². The Balaban J connectivity index is 1.31. The van der Waals surface area contributed by atoms with Crippen molar-refractivity contribution >= 4 is 5.91 Å². The van der Waals surface area contributed by atoms with Crippen LogP contribution in [-0.4, -0.2) is 43.8 Å². The van der Waals surface area contributed by atoms with Gasteiger partial charge in [-0.1, -0.05) is 18.2 Å². The molecule has 1 amide bonds. The first-order chi connectivity index (χ1) is 17.2. The van der Waals surface area contributed by atoms with Gasteiger partial charge >= 0.3 is 0 Å². The highest BCUT2D eigenvalue weighted by atomic mass is 16.5. The summed E-state index contributed by atoms with van der Waals surface area (Å²) in [6, 6.07) is 16.6. The monoisotopic (exact) mass is 467 g/mol. The summed E-state index contributed by atoms with van der Waals surface area (Å²) in [5.41, 5.74) is 2.11. The van der Waals surface area contributed by atoms with E-state index in [2.05, 4.69) is 19.9 Å². The maximum absolute atomic E-state index is 13.5. The summed E-state index contributed by atoms with van der Waals surface area (Å²) in [5, 5.41) is 0. The molecule has 3 aromatic heterocycles. The van der Waals surface area contributed by atoms with Crippen LogP contribution in [0.4, 0.5) is 0 Å². The molecular formula is C27H25N5O3. The van der Waals surface area contributed by atoms with Crippen molar-refractivity contribution in [3.63, 3.8) is 0 Å². The van der Waals surface area contributed by atoms with Gasteiger partial charge in [-0.25, -0.2) is 9.97 Å². The zero-order valence-corrected chi connectivity index (χ0v) is 19.4. The molecule has 1 fully saturated rings. The number of aryl methyl sites for hydroxylation is 1. The highest BCUT2D eigenvalue weighted by molar-refractivity contribution is 5.96. The van der Waals surface area contributed by atoms with Crippen LogP contribution >= 0.6 is 0 Å². The second kappa shape index (κ2) is 10.3. The topological polar surface area (TPSA) is 90.3 Å². The summed E-state index contributed by atoms with van der Waals surface area (Å²) in [4.78, 5) is 32.9. The van der Waals surface area contributed by atoms with Crippen LogP contribution in [0.1, 0.15) is 40.5 Å². The largest absolute Gasteiger partial charge is 0.437 e. The number of benzene rings is 1. The van der Waals surface area contributed by atoms with Crippen LogP contribution in [0.2, 0.25) is 0 Å². The van der Waals surface area contributed by atoms with Crippen molar-refractivity contribution in [1.82, 2.24) is 24.8 Å². The average molecular weight is 468 g/mol. The Labute approximate surface area is 203 Å². The lowest BCUT2D eigenvalue weighted by molar-refractivity contribution is 0.0702. The number of likely N-dealkylation sites (tertiary alicyclic amines) is 1. The number of para-hydroxylation sites is 1. The van der Waals surface area contributed by atoms with Gasteiger partial charge in [-0.05, 0) is 56.2 Å². The van der Waals surface area contributed by atoms with E-state index in [-0.39, 0.29) is 17.7 Å². The first-order valence-corrected chi connectivity index (χ1v) is 11.6. The first kappa shape index (κ1) is 22.5. The molecule has 0 unspecified atom stereocenters. The van der Waals surface area contributed by atoms with E-state index >= 15 is 0 Å². The second-order valence-electron chi connectivity index (χ2n) is 8.38. The average Bonchev–Trinajstić information content (AvgIpc) is 2.91. The first-order valence-electron chi connectivity index (χ1n) is 11.6. The predicted molar refractivity (Wildman–Crippen MR) is 130 cm³/mol. The maximum Gasteiger partial charge on any atom is 0.259 e. The van der Waals surface area contributed by atoms with E-state index in [1.165, 1.54) is 0 Å². The van der Waals surface area contributed by atoms with Gasteiger partial charge < -0.3 is 14.4 Å². The Morgan fingerprint density at radius 1 is 0.943 bits per heavy atom. The van der Waals surface area contributed by atoms with E-state index in [0.717, 1.165) is 24.2 Å². The summed E-state index contributed by atoms with van der Waals surface area (Å²) in [6.45, 7) is 3.09. The highest BCUT2D eigenvalue weighted by Crippen LogP contribution is 2.30. The fraction of sp³-hybridized carbons (Fsp3) is 0.222. The van der Waals surface area contributed by atoms with Crippen LogP contribution in [0.5, 0.6) is 23.3 Å². The van der Waals surface area contributed by atoms with Gasteiger partial charge in [0.15, 0.2) is 0 Å². The Kier molecular flexibility index (Phi) is 6.61. The van der Waals surface area contributed by atoms with Crippen molar-refractivity contribution in [2.75, 3.05) is 13.1 Å². The predicted octanol–water partition coefficient (Wildman–Crippen LogP) is 5.18. The lowest BCUT2D eigenvalue weighted by Gasteiger charge is -2.32. The van der Waals surface area contributed by atoms with E-state index in [1.54, 1.807) is 36.9 Å². The van der Waals surface area contributed by atoms with E-state index in [4.69, 9.17) is 9.47 Å². The summed E-state index contributed by atoms with van der Waals surface area (Å²) in [6.07, 6.45) is 8.36. The Bertz CT molecular complexity index is 1300. The molecule has 8 heteroatoms. The normalized spacial score (nSPS) is 15.5. The molecule has 35 heavy (non-hydrogen) atoms. The third-order valence-electron chi connectivity index (χ3n) is 5.82. The molecule has 0 radical (unpaired) electrons. The Hall–Kier alpha value is -4.33. The number of pyridine rings is 2. The van der Waals surface area contributed by atoms with Crippen molar-refractivity contribution < 1.29 is 14.3 Å². The molecule has 4 aromatic rings. The molecule has 176 valence electrons. The summed E-state index contributed by atoms with van der Waals surface area (Å²) >= 11 is 0. The molecule has 5 rings (SSSR count). The van der Waals surface area contributed by atoms with Crippen LogP contribution in [0.25, 0.3) is 0 Å². The minimum absolute atomic E-state index is 0.0573. The number of nitrogens with zero attached hydrogens (tertiary/aromatic N) is 5. The van der Waals surface area contributed by atoms with E-state index in [9.17, 15) is 4.79 Å². The molecule has 1 aliphatic heterocycles. The SMILES string of the molecule is Cc1ccc(Oc2ncccc2C(=O)N2CCC[C@@H](c3cncc(Oc4ccccc4)n3)C2)cn1. The van der Waals surface area contributed by atoms with Gasteiger partial charge in [-0.3, -0.25) is 14.8 Å². The molecule has 1 aliphatic rings. The molecule has 1 atom stereocenters. The maximum atomic E-state index is 13.5. The number of carbonyl (C=O) groups excluding carboxylic acids is 1. The van der Waals surface area contributed by atoms with Crippen LogP contribution < -0.4 is 9.47 Å². The van der Waals surface area contributed by atoms with Gasteiger partial charge in [0.1, 0.15) is 17.1 Å². The van der Waals surface area contributed by atoms with E-state index < -0.39 is 0 Å². The second-order valence-corrected chi connectivity index (χ2v) is 8.38. The van der Waals surface area contributed by atoms with Crippen LogP contribution in [0.15, 0.2) is 79.4 Å². The number of aromatic nitrogens is 4. The molecule has 8 nitrogen and oxygen atoms in total. The molecule has 0 aliphatic carbocycles. The number of hydrogen-bond acceptors (Lipinski definition) is 7. The van der Waals surface area contributed by atoms with Crippen LogP contribution in [-0.2, 0) is 0 Å². The highest BCUT2D eigenvalue weighted by Gasteiger charge is 2.28. The van der Waals surface area contributed by atoms with Crippen molar-refractivity contribution in [2.24, 2.45) is 0 Å². The van der Waals surface area contributed by atoms with Crippen LogP contribution in [0.3, 0.4) is 0 Å². The zero-order valence-electron chi connectivity index (χ0n) is 19.4. The number of amides is 1. The molecule has 1 aromatic carbocycles. The Morgan fingerprint density at radius 3 is 2.66 bits per heavy atom. The molecule has 0 bridgehead atoms. The minimum atomic E-state index is -0.123. The van der Waals surface area contributed by atoms with Gasteiger partial charge in [0.25, 0.3) is 5.91 Å². The zero-order chi connectivity index (χ0) is 24.0. The van der Waals surface area contributed by atoms with Gasteiger partial charge in [0.2, 0.25) is 11.8 Å². The standard InChI is InChI=1S/C27H25N5O3/c1-19-11-12-22(15-30-19)35-26-23(10-5-13-29-26)27(33)32-14-6-7-20(18-32)24-16-28-17-25(31-24)34-21-8-3-2-4-9-21/h2-5,8-13,15-17,20H,6-7,14,18H2,1H3/t20-/m1/s1. The quantitative estimate of drug-likeness (QED) is 0.386. The van der Waals surface area contributed by atoms with Gasteiger partial charge in [-0.2, -0.15) is 0 Å². The fourth-order valence-electron chi connectivity index (χ4n) is 4.05. The smallest absolute Gasteiger partial charge is 0.259 e. The number of carbonyl (C=O) groups is 1. The van der Waals surface area contributed by atoms with Crippen molar-refractivity contribution in [3.8, 4) is 23.3 Å². The lowest BCUT2D eigenvalue weighted by Crippen LogP contribution is -2.39. The molecule has 0 saturated carbocycles.